The molecule has 94 valence electrons. The van der Waals surface area contributed by atoms with Gasteiger partial charge in [-0.3, -0.25) is 4.90 Å². The normalized spacial score (nSPS) is 23.5. The van der Waals surface area contributed by atoms with Crippen LogP contribution in [0.5, 0.6) is 0 Å². The minimum atomic E-state index is -4.22. The molecule has 4 nitrogen and oxygen atoms in total. The van der Waals surface area contributed by atoms with Crippen LogP contribution in [0, 0.1) is 0 Å². The monoisotopic (exact) mass is 240 g/mol. The van der Waals surface area contributed by atoms with Gasteiger partial charge in [0.1, 0.15) is 0 Å². The van der Waals surface area contributed by atoms with Gasteiger partial charge < -0.3 is 10.0 Å². The second kappa shape index (κ2) is 4.90. The zero-order valence-electron chi connectivity index (χ0n) is 9.00. The van der Waals surface area contributed by atoms with Crippen molar-refractivity contribution in [3.63, 3.8) is 0 Å². The zero-order chi connectivity index (χ0) is 12.3. The molecule has 0 aromatic heterocycles. The lowest BCUT2D eigenvalue weighted by Gasteiger charge is -2.40. The number of hydrogen-bond donors (Lipinski definition) is 1. The molecule has 0 radical (unpaired) electrons. The van der Waals surface area contributed by atoms with Crippen molar-refractivity contribution in [1.29, 1.82) is 0 Å². The number of halogens is 3. The summed E-state index contributed by atoms with van der Waals surface area (Å²) in [4.78, 5) is 13.2. The van der Waals surface area contributed by atoms with Crippen LogP contribution in [0.15, 0.2) is 0 Å². The molecule has 0 aliphatic carbocycles. The van der Waals surface area contributed by atoms with Crippen molar-refractivity contribution in [2.24, 2.45) is 0 Å². The molecule has 1 N–H and O–H groups in total. The van der Waals surface area contributed by atoms with Crippen molar-refractivity contribution in [2.75, 3.05) is 26.2 Å². The third-order valence-corrected chi connectivity index (χ3v) is 2.73. The summed E-state index contributed by atoms with van der Waals surface area (Å²) < 4.78 is 36.7. The molecule has 1 fully saturated rings. The lowest BCUT2D eigenvalue weighted by molar-refractivity contribution is -0.155. The van der Waals surface area contributed by atoms with Crippen LogP contribution < -0.4 is 0 Å². The number of amides is 1. The van der Waals surface area contributed by atoms with Crippen LogP contribution in [0.3, 0.4) is 0 Å². The predicted molar refractivity (Wildman–Crippen MR) is 51.3 cm³/mol. The molecule has 0 unspecified atom stereocenters. The fourth-order valence-electron chi connectivity index (χ4n) is 1.89. The zero-order valence-corrected chi connectivity index (χ0v) is 9.00. The Morgan fingerprint density at radius 1 is 1.44 bits per heavy atom. The van der Waals surface area contributed by atoms with E-state index in [4.69, 9.17) is 5.11 Å². The number of rotatable bonds is 2. The quantitative estimate of drug-likeness (QED) is 0.797. The molecule has 1 amide bonds. The van der Waals surface area contributed by atoms with Crippen LogP contribution in [0.4, 0.5) is 18.0 Å². The molecule has 7 heteroatoms. The summed E-state index contributed by atoms with van der Waals surface area (Å²) in [6.07, 6.45) is -4.77. The van der Waals surface area contributed by atoms with E-state index < -0.39 is 18.8 Å². The van der Waals surface area contributed by atoms with Crippen LogP contribution in [0.1, 0.15) is 13.3 Å². The van der Waals surface area contributed by atoms with E-state index >= 15 is 0 Å². The van der Waals surface area contributed by atoms with Crippen molar-refractivity contribution in [3.8, 4) is 0 Å². The molecule has 1 heterocycles. The smallest absolute Gasteiger partial charge is 0.407 e. The summed E-state index contributed by atoms with van der Waals surface area (Å²) in [5, 5.41) is 8.76. The summed E-state index contributed by atoms with van der Waals surface area (Å²) in [6.45, 7) is 1.24. The second-order valence-electron chi connectivity index (χ2n) is 3.88. The Kier molecular flexibility index (Phi) is 4.01. The van der Waals surface area contributed by atoms with Gasteiger partial charge in [-0.2, -0.15) is 13.2 Å². The van der Waals surface area contributed by atoms with Crippen LogP contribution in [-0.2, 0) is 0 Å². The molecule has 0 spiro atoms. The summed E-state index contributed by atoms with van der Waals surface area (Å²) >= 11 is 0. The molecule has 1 rings (SSSR count). The van der Waals surface area contributed by atoms with Crippen LogP contribution in [0.25, 0.3) is 0 Å². The Bertz CT molecular complexity index is 258. The maximum Gasteiger partial charge on any atom is 0.407 e. The third kappa shape index (κ3) is 3.55. The first kappa shape index (κ1) is 13.1. The van der Waals surface area contributed by atoms with E-state index in [1.165, 1.54) is 9.80 Å². The highest BCUT2D eigenvalue weighted by molar-refractivity contribution is 5.65. The first-order valence-electron chi connectivity index (χ1n) is 5.12. The fraction of sp³-hybridized carbons (Fsp3) is 0.889. The Labute approximate surface area is 91.6 Å². The fourth-order valence-corrected chi connectivity index (χ4v) is 1.89. The molecular formula is C9H15F3N2O2. The summed E-state index contributed by atoms with van der Waals surface area (Å²) in [7, 11) is 0. The lowest BCUT2D eigenvalue weighted by atomic mass is 10.1. The number of carbonyl (C=O) groups is 1. The van der Waals surface area contributed by atoms with Gasteiger partial charge >= 0.3 is 12.3 Å². The number of carboxylic acid groups (broad SMARTS) is 1. The van der Waals surface area contributed by atoms with Gasteiger partial charge in [-0.1, -0.05) is 6.92 Å². The second-order valence-corrected chi connectivity index (χ2v) is 3.88. The first-order chi connectivity index (χ1) is 7.33. The van der Waals surface area contributed by atoms with E-state index in [-0.39, 0.29) is 25.7 Å². The molecule has 0 aromatic rings. The van der Waals surface area contributed by atoms with Gasteiger partial charge in [-0.15, -0.1) is 0 Å². The lowest BCUT2D eigenvalue weighted by Crippen LogP contribution is -2.56. The number of piperazine rings is 1. The van der Waals surface area contributed by atoms with Crippen molar-refractivity contribution >= 4 is 6.09 Å². The summed E-state index contributed by atoms with van der Waals surface area (Å²) in [5.41, 5.74) is 0. The molecule has 1 saturated heterocycles. The number of alkyl halides is 3. The van der Waals surface area contributed by atoms with Crippen LogP contribution in [-0.4, -0.2) is 59.4 Å². The molecule has 1 aliphatic rings. The Hall–Kier alpha value is -0.980. The minimum Gasteiger partial charge on any atom is -0.465 e. The number of hydrogen-bond acceptors (Lipinski definition) is 2. The summed E-state index contributed by atoms with van der Waals surface area (Å²) in [5.74, 6) is 0. The van der Waals surface area contributed by atoms with E-state index in [1.807, 2.05) is 0 Å². The molecular weight excluding hydrogens is 225 g/mol. The SMILES string of the molecule is CC[C@H]1CN(C(=O)O)CCN1CC(F)(F)F. The van der Waals surface area contributed by atoms with Gasteiger partial charge in [-0.05, 0) is 6.42 Å². The van der Waals surface area contributed by atoms with Gasteiger partial charge in [0.05, 0.1) is 6.54 Å². The Morgan fingerprint density at radius 2 is 2.06 bits per heavy atom. The van der Waals surface area contributed by atoms with Crippen molar-refractivity contribution in [3.05, 3.63) is 0 Å². The highest BCUT2D eigenvalue weighted by Crippen LogP contribution is 2.21. The van der Waals surface area contributed by atoms with E-state index in [2.05, 4.69) is 0 Å². The Balaban J connectivity index is 2.58. The molecule has 0 aromatic carbocycles. The van der Waals surface area contributed by atoms with Gasteiger partial charge in [0.2, 0.25) is 0 Å². The summed E-state index contributed by atoms with van der Waals surface area (Å²) in [6, 6.07) is -0.341. The minimum absolute atomic E-state index is 0.141. The highest BCUT2D eigenvalue weighted by atomic mass is 19.4. The van der Waals surface area contributed by atoms with Gasteiger partial charge in [0.15, 0.2) is 0 Å². The van der Waals surface area contributed by atoms with Crippen LogP contribution in [0.2, 0.25) is 0 Å². The average Bonchev–Trinajstić information content (AvgIpc) is 2.15. The number of nitrogens with zero attached hydrogens (tertiary/aromatic N) is 2. The van der Waals surface area contributed by atoms with E-state index in [0.717, 1.165) is 0 Å². The molecule has 1 atom stereocenters. The largest absolute Gasteiger partial charge is 0.465 e. The van der Waals surface area contributed by atoms with Crippen LogP contribution >= 0.6 is 0 Å². The highest BCUT2D eigenvalue weighted by Gasteiger charge is 2.36. The predicted octanol–water partition coefficient (Wildman–Crippen LogP) is 1.62. The molecule has 0 bridgehead atoms. The topological polar surface area (TPSA) is 43.8 Å². The maximum absolute atomic E-state index is 12.2. The molecule has 1 aliphatic heterocycles. The van der Waals surface area contributed by atoms with Gasteiger partial charge in [0.25, 0.3) is 0 Å². The van der Waals surface area contributed by atoms with Gasteiger partial charge in [0, 0.05) is 25.7 Å². The van der Waals surface area contributed by atoms with Crippen molar-refractivity contribution in [2.45, 2.75) is 25.6 Å². The van der Waals surface area contributed by atoms with Crippen molar-refractivity contribution in [1.82, 2.24) is 9.80 Å². The average molecular weight is 240 g/mol. The van der Waals surface area contributed by atoms with E-state index in [0.29, 0.717) is 6.42 Å². The standard InChI is InChI=1S/C9H15F3N2O2/c1-2-7-5-13(8(15)16)3-4-14(7)6-9(10,11)12/h7H,2-6H2,1H3,(H,15,16)/t7-/m0/s1. The first-order valence-corrected chi connectivity index (χ1v) is 5.12. The van der Waals surface area contributed by atoms with Crippen molar-refractivity contribution < 1.29 is 23.1 Å². The molecule has 16 heavy (non-hydrogen) atoms. The van der Waals surface area contributed by atoms with E-state index in [9.17, 15) is 18.0 Å². The Morgan fingerprint density at radius 3 is 2.50 bits per heavy atom. The molecule has 0 saturated carbocycles. The maximum atomic E-state index is 12.2. The van der Waals surface area contributed by atoms with E-state index in [1.54, 1.807) is 6.92 Å². The third-order valence-electron chi connectivity index (χ3n) is 2.73. The van der Waals surface area contributed by atoms with Gasteiger partial charge in [-0.25, -0.2) is 4.79 Å².